The van der Waals surface area contributed by atoms with Crippen LogP contribution in [0.1, 0.15) is 56.1 Å². The van der Waals surface area contributed by atoms with Crippen LogP contribution in [-0.4, -0.2) is 83.0 Å². The molecule has 9 nitrogen and oxygen atoms in total. The molecule has 0 radical (unpaired) electrons. The minimum Gasteiger partial charge on any atom is -0.461 e. The average molecular weight is 722 g/mol. The molecule has 7 heterocycles. The third-order valence-electron chi connectivity index (χ3n) is 11.7. The first-order valence-electron chi connectivity index (χ1n) is 17.3. The number of nitrogens with two attached hydrogens (primary N) is 1. The number of aryl methyl sites for hydroxylation is 1. The number of nitrogens with one attached hydrogen (secondary N) is 1. The maximum atomic E-state index is 16.8. The van der Waals surface area contributed by atoms with Crippen LogP contribution in [0.15, 0.2) is 23.9 Å². The average Bonchev–Trinajstić information content (AvgIpc) is 3.76. The lowest BCUT2D eigenvalue weighted by Crippen LogP contribution is -2.63. The van der Waals surface area contributed by atoms with Gasteiger partial charge in [-0.15, -0.1) is 0 Å². The zero-order valence-corrected chi connectivity index (χ0v) is 28.0. The molecule has 5 aliphatic rings. The number of alkyl halides is 3. The van der Waals surface area contributed by atoms with Crippen LogP contribution in [-0.2, 0) is 10.9 Å². The molecule has 2 bridgehead atoms. The van der Waals surface area contributed by atoms with Crippen LogP contribution in [0.2, 0.25) is 0 Å². The summed E-state index contributed by atoms with van der Waals surface area (Å²) in [4.78, 5) is 17.1. The zero-order chi connectivity index (χ0) is 35.9. The maximum absolute atomic E-state index is 16.8. The quantitative estimate of drug-likeness (QED) is 0.222. The minimum atomic E-state index is -5.05. The molecule has 3 aromatic rings. The van der Waals surface area contributed by atoms with Crippen LogP contribution in [0.5, 0.6) is 6.01 Å². The van der Waals surface area contributed by atoms with Crippen molar-refractivity contribution >= 4 is 22.4 Å². The molecule has 274 valence electrons. The van der Waals surface area contributed by atoms with Crippen LogP contribution in [0.3, 0.4) is 0 Å². The van der Waals surface area contributed by atoms with E-state index in [4.69, 9.17) is 20.2 Å². The molecule has 5 saturated heterocycles. The second-order valence-electron chi connectivity index (χ2n) is 14.7. The zero-order valence-electron chi connectivity index (χ0n) is 28.0. The lowest BCUT2D eigenvalue weighted by molar-refractivity contribution is -0.137. The monoisotopic (exact) mass is 721 g/mol. The normalized spacial score (nSPS) is 27.1. The smallest absolute Gasteiger partial charge is 0.417 e. The molecule has 3 atom stereocenters. The van der Waals surface area contributed by atoms with Gasteiger partial charge >= 0.3 is 12.2 Å². The van der Waals surface area contributed by atoms with E-state index in [9.17, 15) is 22.0 Å². The summed E-state index contributed by atoms with van der Waals surface area (Å²) < 4.78 is 114. The molecular weight excluding hydrogens is 683 g/mol. The van der Waals surface area contributed by atoms with Crippen LogP contribution < -0.4 is 20.7 Å². The number of anilines is 2. The molecule has 0 spiro atoms. The molecule has 0 aliphatic carbocycles. The first-order chi connectivity index (χ1) is 24.3. The molecule has 16 heteroatoms. The Bertz CT molecular complexity index is 1920. The van der Waals surface area contributed by atoms with E-state index in [1.807, 2.05) is 9.80 Å². The highest BCUT2D eigenvalue weighted by molar-refractivity contribution is 5.92. The van der Waals surface area contributed by atoms with Gasteiger partial charge in [-0.1, -0.05) is 0 Å². The van der Waals surface area contributed by atoms with Gasteiger partial charge in [0.15, 0.2) is 11.6 Å². The number of aromatic nitrogens is 3. The standard InChI is InChI=1S/C35H38F7N7O2/c1-18-11-23(43)26(36)24(25(18)35(40,41)42)29-27(37)28-22(13-44-29)31(48-15-21-3-7-34(16-48,47-21)20-4-9-50-10-5-20)46-32(45-28)51-17-33-6-2-8-49(33)14-19(12-33)30(38)39/h11,13,20-21,47H,2-10,12,14-17,43H2,1H3/t21-,33-,34+/m0/s1. The Balaban J connectivity index is 1.25. The summed E-state index contributed by atoms with van der Waals surface area (Å²) in [6.07, 6.45) is -0.578. The lowest BCUT2D eigenvalue weighted by Gasteiger charge is -2.47. The summed E-state index contributed by atoms with van der Waals surface area (Å²) in [5.41, 5.74) is -0.0153. The molecule has 8 rings (SSSR count). The number of benzene rings is 1. The predicted molar refractivity (Wildman–Crippen MR) is 174 cm³/mol. The fraction of sp³-hybridized carbons (Fsp3) is 0.571. The molecule has 5 aliphatic heterocycles. The van der Waals surface area contributed by atoms with E-state index in [-0.39, 0.29) is 53.9 Å². The Morgan fingerprint density at radius 3 is 2.65 bits per heavy atom. The second-order valence-corrected chi connectivity index (χ2v) is 14.7. The number of halogens is 7. The van der Waals surface area contributed by atoms with Crippen molar-refractivity contribution in [1.29, 1.82) is 0 Å². The molecule has 0 saturated carbocycles. The van der Waals surface area contributed by atoms with Gasteiger partial charge < -0.3 is 25.4 Å². The number of nitrogen functional groups attached to an aromatic ring is 1. The Hall–Kier alpha value is -3.76. The van der Waals surface area contributed by atoms with E-state index in [2.05, 4.69) is 15.3 Å². The van der Waals surface area contributed by atoms with E-state index < -0.39 is 63.0 Å². The Kier molecular flexibility index (Phi) is 8.37. The van der Waals surface area contributed by atoms with E-state index in [0.29, 0.717) is 45.2 Å². The second kappa shape index (κ2) is 12.4. The number of rotatable bonds is 6. The lowest BCUT2D eigenvalue weighted by atomic mass is 9.77. The van der Waals surface area contributed by atoms with Crippen LogP contribution in [0, 0.1) is 24.5 Å². The molecule has 1 aromatic carbocycles. The first kappa shape index (κ1) is 34.3. The SMILES string of the molecule is Cc1cc(N)c(F)c(-c2ncc3c(N4C[C@@H]5CC[C@](C6CCOCC6)(C4)N5)nc(OC[C@@]45CCCN4CC(=C(F)F)C5)nc3c2F)c1C(F)(F)F. The maximum Gasteiger partial charge on any atom is 0.417 e. The number of nitrogens with zero attached hydrogens (tertiary/aromatic N) is 5. The summed E-state index contributed by atoms with van der Waals surface area (Å²) in [6.45, 7) is 4.07. The van der Waals surface area contributed by atoms with Crippen molar-refractivity contribution in [1.82, 2.24) is 25.2 Å². The summed E-state index contributed by atoms with van der Waals surface area (Å²) in [6, 6.07) is 0.681. The molecule has 0 unspecified atom stereocenters. The molecular formula is C35H38F7N7O2. The van der Waals surface area contributed by atoms with E-state index in [1.54, 1.807) is 0 Å². The highest BCUT2D eigenvalue weighted by Gasteiger charge is 2.51. The van der Waals surface area contributed by atoms with Crippen molar-refractivity contribution in [3.63, 3.8) is 0 Å². The fourth-order valence-electron chi connectivity index (χ4n) is 9.35. The molecule has 2 aromatic heterocycles. The van der Waals surface area contributed by atoms with Crippen molar-refractivity contribution in [3.8, 4) is 17.3 Å². The Labute approximate surface area is 289 Å². The van der Waals surface area contributed by atoms with Gasteiger partial charge in [-0.25, -0.2) is 8.78 Å². The molecule has 5 fully saturated rings. The number of fused-ring (bicyclic) bond motifs is 4. The topological polar surface area (TPSA) is 102 Å². The number of ether oxygens (including phenoxy) is 2. The van der Waals surface area contributed by atoms with Gasteiger partial charge in [0.25, 0.3) is 6.08 Å². The largest absolute Gasteiger partial charge is 0.461 e. The third kappa shape index (κ3) is 5.77. The van der Waals surface area contributed by atoms with Gasteiger partial charge in [-0.3, -0.25) is 9.88 Å². The number of piperazine rings is 1. The highest BCUT2D eigenvalue weighted by Crippen LogP contribution is 2.47. The Morgan fingerprint density at radius 2 is 1.90 bits per heavy atom. The Morgan fingerprint density at radius 1 is 1.12 bits per heavy atom. The molecule has 51 heavy (non-hydrogen) atoms. The van der Waals surface area contributed by atoms with Gasteiger partial charge in [0.1, 0.15) is 23.6 Å². The van der Waals surface area contributed by atoms with Crippen LogP contribution >= 0.6 is 0 Å². The third-order valence-corrected chi connectivity index (χ3v) is 11.7. The highest BCUT2D eigenvalue weighted by atomic mass is 19.4. The van der Waals surface area contributed by atoms with Crippen LogP contribution in [0.25, 0.3) is 22.2 Å². The summed E-state index contributed by atoms with van der Waals surface area (Å²) >= 11 is 0. The summed E-state index contributed by atoms with van der Waals surface area (Å²) in [5.74, 6) is -2.15. The van der Waals surface area contributed by atoms with Crippen LogP contribution in [0.4, 0.5) is 42.2 Å². The predicted octanol–water partition coefficient (Wildman–Crippen LogP) is 6.38. The molecule has 0 amide bonds. The van der Waals surface area contributed by atoms with Crippen molar-refractivity contribution < 1.29 is 40.2 Å². The van der Waals surface area contributed by atoms with Crippen molar-refractivity contribution in [2.45, 2.75) is 75.2 Å². The summed E-state index contributed by atoms with van der Waals surface area (Å²) in [7, 11) is 0. The van der Waals surface area contributed by atoms with E-state index in [1.165, 1.54) is 6.20 Å². The van der Waals surface area contributed by atoms with E-state index >= 15 is 8.78 Å². The van der Waals surface area contributed by atoms with Crippen molar-refractivity contribution in [2.24, 2.45) is 5.92 Å². The van der Waals surface area contributed by atoms with Gasteiger partial charge in [-0.2, -0.15) is 31.9 Å². The summed E-state index contributed by atoms with van der Waals surface area (Å²) in [5, 5.41) is 3.94. The number of hydrogen-bond donors (Lipinski definition) is 2. The van der Waals surface area contributed by atoms with Gasteiger partial charge in [-0.05, 0) is 76.0 Å². The number of pyridine rings is 1. The van der Waals surface area contributed by atoms with Crippen molar-refractivity contribution in [2.75, 3.05) is 56.6 Å². The van der Waals surface area contributed by atoms with Crippen molar-refractivity contribution in [3.05, 3.63) is 46.7 Å². The van der Waals surface area contributed by atoms with Gasteiger partial charge in [0, 0.05) is 56.2 Å². The minimum absolute atomic E-state index is 0.0369. The van der Waals surface area contributed by atoms with Gasteiger partial charge in [0.2, 0.25) is 0 Å². The number of hydrogen-bond acceptors (Lipinski definition) is 9. The fourth-order valence-corrected chi connectivity index (χ4v) is 9.35. The van der Waals surface area contributed by atoms with Gasteiger partial charge in [0.05, 0.1) is 27.7 Å². The van der Waals surface area contributed by atoms with E-state index in [0.717, 1.165) is 45.1 Å². The first-order valence-corrected chi connectivity index (χ1v) is 17.3. The molecule has 3 N–H and O–H groups in total.